The third kappa shape index (κ3) is 4.21. The molecular formula is C23H28N2O3. The highest BCUT2D eigenvalue weighted by molar-refractivity contribution is 5.79. The summed E-state index contributed by atoms with van der Waals surface area (Å²) in [6, 6.07) is 18.7. The van der Waals surface area contributed by atoms with Crippen LogP contribution in [0.25, 0.3) is 0 Å². The van der Waals surface area contributed by atoms with Gasteiger partial charge in [0.15, 0.2) is 6.61 Å². The first-order valence-corrected chi connectivity index (χ1v) is 9.88. The van der Waals surface area contributed by atoms with E-state index in [0.29, 0.717) is 19.1 Å². The molecule has 5 nitrogen and oxygen atoms in total. The highest BCUT2D eigenvalue weighted by Gasteiger charge is 2.51. The number of ether oxygens (including phenoxy) is 2. The molecule has 2 aromatic carbocycles. The van der Waals surface area contributed by atoms with Gasteiger partial charge >= 0.3 is 0 Å². The Labute approximate surface area is 166 Å². The molecule has 2 saturated heterocycles. The molecule has 2 aliphatic rings. The van der Waals surface area contributed by atoms with Crippen molar-refractivity contribution in [3.05, 3.63) is 65.7 Å². The molecule has 0 saturated carbocycles. The molecule has 1 amide bonds. The van der Waals surface area contributed by atoms with Crippen molar-refractivity contribution in [3.8, 4) is 5.75 Å². The number of rotatable bonds is 6. The molecule has 4 rings (SSSR count). The molecule has 0 aliphatic carbocycles. The van der Waals surface area contributed by atoms with Crippen LogP contribution < -0.4 is 4.74 Å². The standard InChI is InChI=1S/C23H28N2O3/c1-18-7-6-10-21(11-18)27-15-22(26)25-16-23(17-25)12-20(14-28-23)24(2)13-19-8-4-3-5-9-19/h3-11,20H,12-17H2,1-2H3. The molecule has 0 N–H and O–H groups in total. The van der Waals surface area contributed by atoms with E-state index < -0.39 is 0 Å². The summed E-state index contributed by atoms with van der Waals surface area (Å²) < 4.78 is 11.8. The molecule has 2 fully saturated rings. The van der Waals surface area contributed by atoms with Gasteiger partial charge in [-0.2, -0.15) is 0 Å². The van der Waals surface area contributed by atoms with Gasteiger partial charge in [0.05, 0.1) is 19.7 Å². The quantitative estimate of drug-likeness (QED) is 0.773. The first-order chi connectivity index (χ1) is 13.5. The smallest absolute Gasteiger partial charge is 0.260 e. The third-order valence-electron chi connectivity index (χ3n) is 5.75. The molecule has 1 atom stereocenters. The Morgan fingerprint density at radius 3 is 2.75 bits per heavy atom. The maximum absolute atomic E-state index is 12.4. The number of hydrogen-bond donors (Lipinski definition) is 0. The lowest BCUT2D eigenvalue weighted by molar-refractivity contribution is -0.159. The zero-order chi connectivity index (χ0) is 19.6. The second-order valence-corrected chi connectivity index (χ2v) is 8.11. The predicted octanol–water partition coefficient (Wildman–Crippen LogP) is 2.88. The van der Waals surface area contributed by atoms with Crippen molar-refractivity contribution >= 4 is 5.91 Å². The van der Waals surface area contributed by atoms with Crippen molar-refractivity contribution in [2.75, 3.05) is 33.4 Å². The minimum atomic E-state index is -0.172. The van der Waals surface area contributed by atoms with Gasteiger partial charge in [0, 0.05) is 12.6 Å². The summed E-state index contributed by atoms with van der Waals surface area (Å²) in [6.07, 6.45) is 0.971. The zero-order valence-corrected chi connectivity index (χ0v) is 16.6. The molecule has 0 aromatic heterocycles. The van der Waals surface area contributed by atoms with Crippen molar-refractivity contribution < 1.29 is 14.3 Å². The highest BCUT2D eigenvalue weighted by Crippen LogP contribution is 2.37. The molecule has 0 bridgehead atoms. The Morgan fingerprint density at radius 2 is 2.00 bits per heavy atom. The van der Waals surface area contributed by atoms with Crippen LogP contribution in [-0.2, 0) is 16.1 Å². The molecule has 0 radical (unpaired) electrons. The van der Waals surface area contributed by atoms with E-state index in [2.05, 4.69) is 36.2 Å². The van der Waals surface area contributed by atoms with Gasteiger partial charge in [-0.25, -0.2) is 0 Å². The van der Waals surface area contributed by atoms with E-state index in [4.69, 9.17) is 9.47 Å². The lowest BCUT2D eigenvalue weighted by Crippen LogP contribution is -2.64. The predicted molar refractivity (Wildman–Crippen MR) is 108 cm³/mol. The minimum absolute atomic E-state index is 0.0248. The highest BCUT2D eigenvalue weighted by atomic mass is 16.5. The summed E-state index contributed by atoms with van der Waals surface area (Å²) in [7, 11) is 2.15. The fourth-order valence-corrected chi connectivity index (χ4v) is 4.09. The molecule has 1 spiro atoms. The molecule has 1 unspecified atom stereocenters. The van der Waals surface area contributed by atoms with Crippen molar-refractivity contribution in [2.24, 2.45) is 0 Å². The molecule has 5 heteroatoms. The van der Waals surface area contributed by atoms with E-state index in [9.17, 15) is 4.79 Å². The average Bonchev–Trinajstić information content (AvgIpc) is 3.12. The van der Waals surface area contributed by atoms with Crippen LogP contribution in [0.1, 0.15) is 17.5 Å². The fourth-order valence-electron chi connectivity index (χ4n) is 4.09. The topological polar surface area (TPSA) is 42.0 Å². The van der Waals surface area contributed by atoms with E-state index in [0.717, 1.165) is 30.9 Å². The number of likely N-dealkylation sites (tertiary alicyclic amines) is 1. The molecule has 148 valence electrons. The van der Waals surface area contributed by atoms with Crippen LogP contribution in [0.3, 0.4) is 0 Å². The van der Waals surface area contributed by atoms with E-state index in [1.165, 1.54) is 5.56 Å². The summed E-state index contributed by atoms with van der Waals surface area (Å²) in [5, 5.41) is 0. The summed E-state index contributed by atoms with van der Waals surface area (Å²) in [4.78, 5) is 16.6. The van der Waals surface area contributed by atoms with E-state index in [1.807, 2.05) is 42.2 Å². The lowest BCUT2D eigenvalue weighted by atomic mass is 9.89. The van der Waals surface area contributed by atoms with Crippen molar-refractivity contribution in [2.45, 2.75) is 31.5 Å². The Morgan fingerprint density at radius 1 is 1.21 bits per heavy atom. The van der Waals surface area contributed by atoms with Crippen molar-refractivity contribution in [3.63, 3.8) is 0 Å². The van der Waals surface area contributed by atoms with E-state index in [1.54, 1.807) is 0 Å². The lowest BCUT2D eigenvalue weighted by Gasteiger charge is -2.47. The maximum atomic E-state index is 12.4. The van der Waals surface area contributed by atoms with Gasteiger partial charge in [-0.3, -0.25) is 9.69 Å². The van der Waals surface area contributed by atoms with Crippen LogP contribution in [0, 0.1) is 6.92 Å². The zero-order valence-electron chi connectivity index (χ0n) is 16.6. The van der Waals surface area contributed by atoms with Crippen LogP contribution in [0.2, 0.25) is 0 Å². The fraction of sp³-hybridized carbons (Fsp3) is 0.435. The number of hydrogen-bond acceptors (Lipinski definition) is 4. The Hall–Kier alpha value is -2.37. The van der Waals surface area contributed by atoms with Crippen LogP contribution >= 0.6 is 0 Å². The summed E-state index contributed by atoms with van der Waals surface area (Å²) in [5.74, 6) is 0.764. The first kappa shape index (κ1) is 19.0. The second-order valence-electron chi connectivity index (χ2n) is 8.11. The third-order valence-corrected chi connectivity index (χ3v) is 5.75. The van der Waals surface area contributed by atoms with Crippen molar-refractivity contribution in [1.29, 1.82) is 0 Å². The number of amides is 1. The van der Waals surface area contributed by atoms with Crippen molar-refractivity contribution in [1.82, 2.24) is 9.80 Å². The first-order valence-electron chi connectivity index (χ1n) is 9.88. The number of benzene rings is 2. The van der Waals surface area contributed by atoms with Gasteiger partial charge in [0.1, 0.15) is 11.4 Å². The van der Waals surface area contributed by atoms with Gasteiger partial charge in [-0.15, -0.1) is 0 Å². The largest absolute Gasteiger partial charge is 0.484 e. The minimum Gasteiger partial charge on any atom is -0.484 e. The second kappa shape index (κ2) is 7.94. The Bertz CT molecular complexity index is 818. The normalized spacial score (nSPS) is 20.4. The molecule has 2 aliphatic heterocycles. The number of carbonyl (C=O) groups is 1. The average molecular weight is 380 g/mol. The van der Waals surface area contributed by atoms with Crippen LogP contribution in [-0.4, -0.2) is 60.7 Å². The molecule has 2 aromatic rings. The maximum Gasteiger partial charge on any atom is 0.260 e. The van der Waals surface area contributed by atoms with E-state index >= 15 is 0 Å². The molecular weight excluding hydrogens is 352 g/mol. The molecule has 2 heterocycles. The van der Waals surface area contributed by atoms with Gasteiger partial charge in [0.2, 0.25) is 0 Å². The monoisotopic (exact) mass is 380 g/mol. The summed E-state index contributed by atoms with van der Waals surface area (Å²) >= 11 is 0. The Balaban J connectivity index is 1.23. The van der Waals surface area contributed by atoms with Gasteiger partial charge in [-0.1, -0.05) is 42.5 Å². The Kier molecular flexibility index (Phi) is 5.38. The van der Waals surface area contributed by atoms with Gasteiger partial charge in [0.25, 0.3) is 5.91 Å². The number of aryl methyl sites for hydroxylation is 1. The SMILES string of the molecule is Cc1cccc(OCC(=O)N2CC3(CC(N(C)Cc4ccccc4)CO3)C2)c1. The van der Waals surface area contributed by atoms with Crippen LogP contribution in [0.5, 0.6) is 5.75 Å². The van der Waals surface area contributed by atoms with Gasteiger partial charge < -0.3 is 14.4 Å². The van der Waals surface area contributed by atoms with E-state index in [-0.39, 0.29) is 18.1 Å². The number of carbonyl (C=O) groups excluding carboxylic acids is 1. The number of likely N-dealkylation sites (N-methyl/N-ethyl adjacent to an activating group) is 1. The summed E-state index contributed by atoms with van der Waals surface area (Å²) in [6.45, 7) is 5.06. The van der Waals surface area contributed by atoms with Gasteiger partial charge in [-0.05, 0) is 43.7 Å². The van der Waals surface area contributed by atoms with Crippen LogP contribution in [0.4, 0.5) is 0 Å². The summed E-state index contributed by atoms with van der Waals surface area (Å²) in [5.41, 5.74) is 2.26. The number of nitrogens with zero attached hydrogens (tertiary/aromatic N) is 2. The van der Waals surface area contributed by atoms with Crippen LogP contribution in [0.15, 0.2) is 54.6 Å². The molecule has 28 heavy (non-hydrogen) atoms.